The molecule has 5 heteroatoms. The Bertz CT molecular complexity index is 813. The highest BCUT2D eigenvalue weighted by Gasteiger charge is 2.09. The molecule has 1 N–H and O–H groups in total. The summed E-state index contributed by atoms with van der Waals surface area (Å²) in [7, 11) is 0. The maximum atomic E-state index is 9.08. The number of nitrogens with one attached hydrogen (secondary N) is 1. The van der Waals surface area contributed by atoms with E-state index in [-0.39, 0.29) is 0 Å². The molecule has 0 spiro atoms. The van der Waals surface area contributed by atoms with Crippen molar-refractivity contribution in [2.24, 2.45) is 0 Å². The zero-order valence-electron chi connectivity index (χ0n) is 11.7. The molecule has 0 atom stereocenters. The lowest BCUT2D eigenvalue weighted by Crippen LogP contribution is -2.09. The van der Waals surface area contributed by atoms with Gasteiger partial charge in [0.05, 0.1) is 23.1 Å². The molecule has 0 radical (unpaired) electrons. The van der Waals surface area contributed by atoms with Gasteiger partial charge in [-0.25, -0.2) is 9.97 Å². The standard InChI is InChI=1S/C16H15N5/c1-2-21-14-8-4-3-7-13(14)20-15(21)11-19-16-12(10-17)6-5-9-18-16/h3-9H,2,11H2,1H3,(H,18,19). The molecule has 0 aliphatic heterocycles. The number of para-hydroxylation sites is 2. The molecule has 0 fully saturated rings. The van der Waals surface area contributed by atoms with Crippen molar-refractivity contribution in [3.05, 3.63) is 54.0 Å². The SMILES string of the molecule is CCn1c(CNc2ncccc2C#N)nc2ccccc21. The van der Waals surface area contributed by atoms with E-state index in [1.54, 1.807) is 18.3 Å². The fourth-order valence-corrected chi connectivity index (χ4v) is 2.41. The van der Waals surface area contributed by atoms with E-state index in [1.807, 2.05) is 18.2 Å². The number of hydrogen-bond acceptors (Lipinski definition) is 4. The normalized spacial score (nSPS) is 10.5. The second kappa shape index (κ2) is 5.63. The molecule has 0 aliphatic carbocycles. The summed E-state index contributed by atoms with van der Waals surface area (Å²) in [5.41, 5.74) is 2.65. The number of aromatic nitrogens is 3. The quantitative estimate of drug-likeness (QED) is 0.796. The van der Waals surface area contributed by atoms with Crippen LogP contribution in [-0.4, -0.2) is 14.5 Å². The first-order valence-electron chi connectivity index (χ1n) is 6.86. The van der Waals surface area contributed by atoms with E-state index >= 15 is 0 Å². The summed E-state index contributed by atoms with van der Waals surface area (Å²) < 4.78 is 2.16. The summed E-state index contributed by atoms with van der Waals surface area (Å²) >= 11 is 0. The molecular formula is C16H15N5. The van der Waals surface area contributed by atoms with Crippen LogP contribution >= 0.6 is 0 Å². The van der Waals surface area contributed by atoms with Gasteiger partial charge in [-0.3, -0.25) is 0 Å². The fourth-order valence-electron chi connectivity index (χ4n) is 2.41. The Balaban J connectivity index is 1.90. The van der Waals surface area contributed by atoms with Crippen LogP contribution < -0.4 is 5.32 Å². The molecule has 2 aromatic heterocycles. The molecule has 2 heterocycles. The van der Waals surface area contributed by atoms with Gasteiger partial charge in [0.1, 0.15) is 17.7 Å². The molecular weight excluding hydrogens is 262 g/mol. The molecule has 0 amide bonds. The molecule has 0 saturated heterocycles. The van der Waals surface area contributed by atoms with Gasteiger partial charge >= 0.3 is 0 Å². The summed E-state index contributed by atoms with van der Waals surface area (Å²) in [4.78, 5) is 8.85. The maximum Gasteiger partial charge on any atom is 0.144 e. The second-order valence-corrected chi connectivity index (χ2v) is 4.63. The van der Waals surface area contributed by atoms with Crippen molar-refractivity contribution in [3.63, 3.8) is 0 Å². The van der Waals surface area contributed by atoms with Crippen LogP contribution in [0.25, 0.3) is 11.0 Å². The van der Waals surface area contributed by atoms with Crippen molar-refractivity contribution in [1.82, 2.24) is 14.5 Å². The minimum absolute atomic E-state index is 0.536. The van der Waals surface area contributed by atoms with Crippen LogP contribution in [-0.2, 0) is 13.1 Å². The van der Waals surface area contributed by atoms with Gasteiger partial charge in [0.15, 0.2) is 0 Å². The topological polar surface area (TPSA) is 66.5 Å². The Kier molecular flexibility index (Phi) is 3.52. The second-order valence-electron chi connectivity index (χ2n) is 4.63. The van der Waals surface area contributed by atoms with Crippen molar-refractivity contribution in [2.75, 3.05) is 5.32 Å². The largest absolute Gasteiger partial charge is 0.362 e. The molecule has 0 saturated carbocycles. The van der Waals surface area contributed by atoms with Gasteiger partial charge in [-0.1, -0.05) is 12.1 Å². The number of anilines is 1. The number of aryl methyl sites for hydroxylation is 1. The predicted octanol–water partition coefficient (Wildman–Crippen LogP) is 2.93. The molecule has 5 nitrogen and oxygen atoms in total. The van der Waals surface area contributed by atoms with Crippen LogP contribution in [0.2, 0.25) is 0 Å². The summed E-state index contributed by atoms with van der Waals surface area (Å²) in [5.74, 6) is 1.53. The van der Waals surface area contributed by atoms with Gasteiger partial charge in [0, 0.05) is 12.7 Å². The number of benzene rings is 1. The molecule has 3 aromatic rings. The number of nitrogens with zero attached hydrogens (tertiary/aromatic N) is 4. The Morgan fingerprint density at radius 3 is 2.90 bits per heavy atom. The molecule has 21 heavy (non-hydrogen) atoms. The third-order valence-corrected chi connectivity index (χ3v) is 3.39. The number of hydrogen-bond donors (Lipinski definition) is 1. The van der Waals surface area contributed by atoms with Crippen molar-refractivity contribution >= 4 is 16.9 Å². The lowest BCUT2D eigenvalue weighted by atomic mass is 10.3. The molecule has 3 rings (SSSR count). The molecule has 0 unspecified atom stereocenters. The van der Waals surface area contributed by atoms with Crippen molar-refractivity contribution < 1.29 is 0 Å². The first kappa shape index (κ1) is 13.1. The average Bonchev–Trinajstić information content (AvgIpc) is 2.90. The minimum Gasteiger partial charge on any atom is -0.362 e. The average molecular weight is 277 g/mol. The van der Waals surface area contributed by atoms with Crippen molar-refractivity contribution in [1.29, 1.82) is 5.26 Å². The highest BCUT2D eigenvalue weighted by Crippen LogP contribution is 2.17. The van der Waals surface area contributed by atoms with E-state index in [4.69, 9.17) is 5.26 Å². The first-order valence-corrected chi connectivity index (χ1v) is 6.86. The number of imidazole rings is 1. The number of fused-ring (bicyclic) bond motifs is 1. The lowest BCUT2D eigenvalue weighted by Gasteiger charge is -2.08. The van der Waals surface area contributed by atoms with Gasteiger partial charge < -0.3 is 9.88 Å². The van der Waals surface area contributed by atoms with Crippen molar-refractivity contribution in [2.45, 2.75) is 20.0 Å². The maximum absolute atomic E-state index is 9.08. The molecule has 0 bridgehead atoms. The minimum atomic E-state index is 0.536. The third-order valence-electron chi connectivity index (χ3n) is 3.39. The smallest absolute Gasteiger partial charge is 0.144 e. The molecule has 0 aliphatic rings. The van der Waals surface area contributed by atoms with E-state index in [2.05, 4.69) is 38.9 Å². The van der Waals surface area contributed by atoms with E-state index in [0.29, 0.717) is 17.9 Å². The molecule has 1 aromatic carbocycles. The monoisotopic (exact) mass is 277 g/mol. The zero-order valence-corrected chi connectivity index (χ0v) is 11.7. The van der Waals surface area contributed by atoms with Gasteiger partial charge in [0.25, 0.3) is 0 Å². The Labute approximate surface area is 122 Å². The Hall–Kier alpha value is -2.87. The van der Waals surface area contributed by atoms with Crippen LogP contribution in [0.4, 0.5) is 5.82 Å². The zero-order chi connectivity index (χ0) is 14.7. The van der Waals surface area contributed by atoms with E-state index < -0.39 is 0 Å². The highest BCUT2D eigenvalue weighted by atomic mass is 15.1. The Morgan fingerprint density at radius 1 is 1.24 bits per heavy atom. The third kappa shape index (κ3) is 2.43. The van der Waals surface area contributed by atoms with E-state index in [0.717, 1.165) is 23.4 Å². The summed E-state index contributed by atoms with van der Waals surface area (Å²) in [6, 6.07) is 13.7. The van der Waals surface area contributed by atoms with E-state index in [1.165, 1.54) is 0 Å². The van der Waals surface area contributed by atoms with Gasteiger partial charge in [-0.05, 0) is 31.2 Å². The van der Waals surface area contributed by atoms with Crippen LogP contribution in [0, 0.1) is 11.3 Å². The van der Waals surface area contributed by atoms with Gasteiger partial charge in [-0.2, -0.15) is 5.26 Å². The van der Waals surface area contributed by atoms with Crippen LogP contribution in [0.3, 0.4) is 0 Å². The van der Waals surface area contributed by atoms with Crippen LogP contribution in [0.15, 0.2) is 42.6 Å². The number of rotatable bonds is 4. The van der Waals surface area contributed by atoms with Crippen molar-refractivity contribution in [3.8, 4) is 6.07 Å². The molecule has 104 valence electrons. The van der Waals surface area contributed by atoms with Crippen LogP contribution in [0.5, 0.6) is 0 Å². The predicted molar refractivity (Wildman–Crippen MR) is 81.7 cm³/mol. The summed E-state index contributed by atoms with van der Waals surface area (Å²) in [5, 5.41) is 12.3. The van der Waals surface area contributed by atoms with Gasteiger partial charge in [0.2, 0.25) is 0 Å². The number of pyridine rings is 1. The van der Waals surface area contributed by atoms with E-state index in [9.17, 15) is 0 Å². The fraction of sp³-hybridized carbons (Fsp3) is 0.188. The number of nitriles is 1. The summed E-state index contributed by atoms with van der Waals surface area (Å²) in [6.45, 7) is 3.48. The summed E-state index contributed by atoms with van der Waals surface area (Å²) in [6.07, 6.45) is 1.67. The first-order chi connectivity index (χ1) is 10.3. The van der Waals surface area contributed by atoms with Gasteiger partial charge in [-0.15, -0.1) is 0 Å². The highest BCUT2D eigenvalue weighted by molar-refractivity contribution is 5.76. The lowest BCUT2D eigenvalue weighted by molar-refractivity contribution is 0.728. The van der Waals surface area contributed by atoms with Crippen LogP contribution in [0.1, 0.15) is 18.3 Å². The Morgan fingerprint density at radius 2 is 2.10 bits per heavy atom.